The molecular formula is C23H19N3O4S. The number of carbonyl (C=O) groups excluding carboxylic acids is 1. The molecule has 3 heterocycles. The van der Waals surface area contributed by atoms with Crippen LogP contribution in [0.3, 0.4) is 0 Å². The van der Waals surface area contributed by atoms with E-state index in [-0.39, 0.29) is 5.91 Å². The summed E-state index contributed by atoms with van der Waals surface area (Å²) in [5.74, 6) is 1.95. The fourth-order valence-corrected chi connectivity index (χ4v) is 4.05. The number of amides is 1. The van der Waals surface area contributed by atoms with Crippen molar-refractivity contribution in [2.24, 2.45) is 0 Å². The van der Waals surface area contributed by atoms with E-state index in [0.717, 1.165) is 10.4 Å². The Morgan fingerprint density at radius 2 is 1.81 bits per heavy atom. The number of benzene rings is 2. The summed E-state index contributed by atoms with van der Waals surface area (Å²) in [7, 11) is 0. The lowest BCUT2D eigenvalue weighted by atomic mass is 10.1. The highest BCUT2D eigenvalue weighted by atomic mass is 32.1. The van der Waals surface area contributed by atoms with Crippen molar-refractivity contribution < 1.29 is 18.8 Å². The molecule has 0 saturated carbocycles. The van der Waals surface area contributed by atoms with Crippen LogP contribution in [0.4, 0.5) is 5.69 Å². The van der Waals surface area contributed by atoms with Crippen LogP contribution in [0.15, 0.2) is 70.6 Å². The number of hydrogen-bond donors (Lipinski definition) is 1. The summed E-state index contributed by atoms with van der Waals surface area (Å²) in [4.78, 5) is 18.4. The topological polar surface area (TPSA) is 86.5 Å². The van der Waals surface area contributed by atoms with Gasteiger partial charge in [-0.1, -0.05) is 41.6 Å². The summed E-state index contributed by atoms with van der Waals surface area (Å²) in [6.07, 6.45) is -0.793. The Balaban J connectivity index is 1.32. The SMILES string of the molecule is C[C@@H]1Oc2ccccc2O[C@H]1C(=O)Nc1ccccc1Cc1nc(-c2cccs2)no1. The maximum atomic E-state index is 13.0. The summed E-state index contributed by atoms with van der Waals surface area (Å²) < 4.78 is 17.2. The molecule has 2 aromatic carbocycles. The Hall–Kier alpha value is -3.65. The van der Waals surface area contributed by atoms with Crippen molar-refractivity contribution in [1.29, 1.82) is 0 Å². The molecule has 31 heavy (non-hydrogen) atoms. The van der Waals surface area contributed by atoms with Crippen molar-refractivity contribution in [2.45, 2.75) is 25.6 Å². The number of carbonyl (C=O) groups is 1. The number of fused-ring (bicyclic) bond motifs is 1. The lowest BCUT2D eigenvalue weighted by Crippen LogP contribution is -2.46. The van der Waals surface area contributed by atoms with Crippen molar-refractivity contribution in [1.82, 2.24) is 10.1 Å². The van der Waals surface area contributed by atoms with E-state index in [4.69, 9.17) is 14.0 Å². The Morgan fingerprint density at radius 1 is 1.03 bits per heavy atom. The Morgan fingerprint density at radius 3 is 2.61 bits per heavy atom. The van der Waals surface area contributed by atoms with Crippen LogP contribution < -0.4 is 14.8 Å². The number of hydrogen-bond acceptors (Lipinski definition) is 7. The van der Waals surface area contributed by atoms with Gasteiger partial charge in [-0.15, -0.1) is 11.3 Å². The molecule has 0 fully saturated rings. The second-order valence-corrected chi connectivity index (χ2v) is 8.07. The molecule has 0 radical (unpaired) electrons. The zero-order valence-corrected chi connectivity index (χ0v) is 17.5. The zero-order valence-electron chi connectivity index (χ0n) is 16.6. The first-order chi connectivity index (χ1) is 15.2. The second-order valence-electron chi connectivity index (χ2n) is 7.12. The Kier molecular flexibility index (Phi) is 5.13. The third-order valence-electron chi connectivity index (χ3n) is 4.93. The molecule has 1 N–H and O–H groups in total. The van der Waals surface area contributed by atoms with Crippen molar-refractivity contribution in [3.8, 4) is 22.2 Å². The second kappa shape index (κ2) is 8.23. The van der Waals surface area contributed by atoms with Crippen LogP contribution in [0.25, 0.3) is 10.7 Å². The molecule has 0 spiro atoms. The Labute approximate surface area is 182 Å². The normalized spacial score (nSPS) is 17.3. The zero-order chi connectivity index (χ0) is 21.2. The fraction of sp³-hybridized carbons (Fsp3) is 0.174. The summed E-state index contributed by atoms with van der Waals surface area (Å²) in [5, 5.41) is 8.98. The van der Waals surface area contributed by atoms with E-state index in [1.165, 1.54) is 0 Å². The minimum absolute atomic E-state index is 0.278. The highest BCUT2D eigenvalue weighted by Gasteiger charge is 2.34. The minimum Gasteiger partial charge on any atom is -0.482 e. The van der Waals surface area contributed by atoms with E-state index in [9.17, 15) is 4.79 Å². The van der Waals surface area contributed by atoms with Gasteiger partial charge in [0, 0.05) is 5.69 Å². The van der Waals surface area contributed by atoms with Crippen LogP contribution in [0.2, 0.25) is 0 Å². The number of thiophene rings is 1. The van der Waals surface area contributed by atoms with Crippen LogP contribution in [0, 0.1) is 0 Å². The van der Waals surface area contributed by atoms with E-state index in [0.29, 0.717) is 35.3 Å². The molecule has 0 unspecified atom stereocenters. The number of aromatic nitrogens is 2. The van der Waals surface area contributed by atoms with E-state index in [2.05, 4.69) is 15.5 Å². The highest BCUT2D eigenvalue weighted by molar-refractivity contribution is 7.13. The molecule has 1 aliphatic rings. The predicted octanol–water partition coefficient (Wildman–Crippen LogP) is 4.56. The third kappa shape index (κ3) is 4.02. The van der Waals surface area contributed by atoms with Gasteiger partial charge in [-0.3, -0.25) is 4.79 Å². The fourth-order valence-electron chi connectivity index (χ4n) is 3.40. The van der Waals surface area contributed by atoms with Crippen LogP contribution in [-0.4, -0.2) is 28.3 Å². The van der Waals surface area contributed by atoms with Gasteiger partial charge < -0.3 is 19.3 Å². The summed E-state index contributed by atoms with van der Waals surface area (Å²) in [6, 6.07) is 18.7. The van der Waals surface area contributed by atoms with Gasteiger partial charge in [0.1, 0.15) is 6.10 Å². The maximum absolute atomic E-state index is 13.0. The van der Waals surface area contributed by atoms with Gasteiger partial charge in [-0.2, -0.15) is 4.98 Å². The smallest absolute Gasteiger partial charge is 0.269 e. The molecule has 156 valence electrons. The number of nitrogens with one attached hydrogen (secondary N) is 1. The largest absolute Gasteiger partial charge is 0.482 e. The van der Waals surface area contributed by atoms with Crippen LogP contribution in [0.1, 0.15) is 18.4 Å². The molecule has 0 bridgehead atoms. The molecule has 4 aromatic rings. The third-order valence-corrected chi connectivity index (χ3v) is 5.79. The van der Waals surface area contributed by atoms with Crippen molar-refractivity contribution in [3.63, 3.8) is 0 Å². The Bertz CT molecular complexity index is 1210. The number of para-hydroxylation sites is 3. The summed E-state index contributed by atoms with van der Waals surface area (Å²) in [6.45, 7) is 1.82. The molecule has 5 rings (SSSR count). The minimum atomic E-state index is -0.767. The van der Waals surface area contributed by atoms with Gasteiger partial charge in [-0.25, -0.2) is 0 Å². The maximum Gasteiger partial charge on any atom is 0.269 e. The predicted molar refractivity (Wildman–Crippen MR) is 116 cm³/mol. The van der Waals surface area contributed by atoms with Crippen LogP contribution in [0.5, 0.6) is 11.5 Å². The molecule has 8 heteroatoms. The monoisotopic (exact) mass is 433 g/mol. The van der Waals surface area contributed by atoms with Gasteiger partial charge in [0.15, 0.2) is 11.5 Å². The van der Waals surface area contributed by atoms with Crippen LogP contribution >= 0.6 is 11.3 Å². The molecule has 1 aliphatic heterocycles. The molecule has 0 saturated heterocycles. The first-order valence-electron chi connectivity index (χ1n) is 9.85. The van der Waals surface area contributed by atoms with Crippen molar-refractivity contribution in [2.75, 3.05) is 5.32 Å². The molecule has 1 amide bonds. The van der Waals surface area contributed by atoms with E-state index in [1.54, 1.807) is 17.4 Å². The van der Waals surface area contributed by atoms with E-state index in [1.807, 2.05) is 66.9 Å². The number of nitrogens with zero attached hydrogens (tertiary/aromatic N) is 2. The van der Waals surface area contributed by atoms with Gasteiger partial charge in [-0.05, 0) is 42.1 Å². The number of ether oxygens (including phenoxy) is 2. The summed E-state index contributed by atoms with van der Waals surface area (Å²) in [5.41, 5.74) is 1.53. The average molecular weight is 433 g/mol. The quantitative estimate of drug-likeness (QED) is 0.497. The first kappa shape index (κ1) is 19.3. The van der Waals surface area contributed by atoms with Crippen LogP contribution in [-0.2, 0) is 11.2 Å². The van der Waals surface area contributed by atoms with Crippen molar-refractivity contribution in [3.05, 3.63) is 77.5 Å². The van der Waals surface area contributed by atoms with E-state index >= 15 is 0 Å². The van der Waals surface area contributed by atoms with Gasteiger partial charge in [0.2, 0.25) is 17.8 Å². The number of anilines is 1. The molecule has 2 atom stereocenters. The highest BCUT2D eigenvalue weighted by Crippen LogP contribution is 2.34. The average Bonchev–Trinajstić information content (AvgIpc) is 3.46. The summed E-state index contributed by atoms with van der Waals surface area (Å²) >= 11 is 1.55. The molecule has 2 aromatic heterocycles. The molecule has 7 nitrogen and oxygen atoms in total. The van der Waals surface area contributed by atoms with Gasteiger partial charge >= 0.3 is 0 Å². The van der Waals surface area contributed by atoms with Gasteiger partial charge in [0.25, 0.3) is 5.91 Å². The molecular weight excluding hydrogens is 414 g/mol. The van der Waals surface area contributed by atoms with Crippen molar-refractivity contribution >= 4 is 22.9 Å². The van der Waals surface area contributed by atoms with Gasteiger partial charge in [0.05, 0.1) is 11.3 Å². The standard InChI is InChI=1S/C23H19N3O4S/c1-14-21(29-18-10-5-4-9-17(18)28-14)23(27)24-16-8-3-2-7-15(16)13-20-25-22(26-30-20)19-11-6-12-31-19/h2-12,14,21H,13H2,1H3,(H,24,27)/t14-,21+/m0/s1. The van der Waals surface area contributed by atoms with E-state index < -0.39 is 12.2 Å². The first-order valence-corrected chi connectivity index (χ1v) is 10.7. The lowest BCUT2D eigenvalue weighted by molar-refractivity contribution is -0.128. The molecule has 0 aliphatic carbocycles. The number of rotatable bonds is 5. The lowest BCUT2D eigenvalue weighted by Gasteiger charge is -2.31.